The van der Waals surface area contributed by atoms with Crippen molar-refractivity contribution < 1.29 is 13.2 Å². The number of rotatable bonds is 5. The van der Waals surface area contributed by atoms with E-state index in [0.717, 1.165) is 5.56 Å². The van der Waals surface area contributed by atoms with Crippen LogP contribution in [-0.2, 0) is 10.0 Å². The Bertz CT molecular complexity index is 1210. The molecule has 4 rings (SSSR count). The fraction of sp³-hybridized carbons (Fsp3) is 0.211. The van der Waals surface area contributed by atoms with Crippen molar-refractivity contribution in [2.45, 2.75) is 10.9 Å². The molecule has 10 heteroatoms. The minimum absolute atomic E-state index is 0.00297. The highest BCUT2D eigenvalue weighted by Gasteiger charge is 2.40. The first-order valence-corrected chi connectivity index (χ1v) is 10.6. The van der Waals surface area contributed by atoms with Gasteiger partial charge in [-0.25, -0.2) is 13.1 Å². The van der Waals surface area contributed by atoms with Crippen LogP contribution in [0.5, 0.6) is 5.75 Å². The second-order valence-electron chi connectivity index (χ2n) is 6.51. The van der Waals surface area contributed by atoms with Crippen molar-refractivity contribution in [3.05, 3.63) is 70.2 Å². The van der Waals surface area contributed by atoms with Crippen LogP contribution < -0.4 is 10.3 Å². The van der Waals surface area contributed by atoms with Crippen LogP contribution in [0.15, 0.2) is 64.5 Å². The van der Waals surface area contributed by atoms with E-state index in [1.54, 1.807) is 36.7 Å². The summed E-state index contributed by atoms with van der Waals surface area (Å²) < 4.78 is 33.7. The van der Waals surface area contributed by atoms with Crippen LogP contribution in [0, 0.1) is 0 Å². The zero-order valence-electron chi connectivity index (χ0n) is 15.4. The lowest BCUT2D eigenvalue weighted by molar-refractivity contribution is 0.185. The first kappa shape index (κ1) is 19.6. The monoisotopic (exact) mass is 432 g/mol. The Balaban J connectivity index is 1.59. The molecule has 0 amide bonds. The number of ether oxygens (including phenoxy) is 1. The second kappa shape index (κ2) is 7.58. The maximum absolute atomic E-state index is 13.0. The minimum Gasteiger partial charge on any atom is -0.495 e. The molecule has 0 atom stereocenters. The molecule has 0 aliphatic carbocycles. The van der Waals surface area contributed by atoms with Gasteiger partial charge in [0.05, 0.1) is 18.8 Å². The highest BCUT2D eigenvalue weighted by atomic mass is 35.5. The predicted molar refractivity (Wildman–Crippen MR) is 108 cm³/mol. The predicted octanol–water partition coefficient (Wildman–Crippen LogP) is 2.21. The first-order valence-electron chi connectivity index (χ1n) is 8.74. The zero-order chi connectivity index (χ0) is 20.6. The van der Waals surface area contributed by atoms with Crippen LogP contribution in [0.2, 0.25) is 5.02 Å². The van der Waals surface area contributed by atoms with Crippen molar-refractivity contribution in [3.63, 3.8) is 0 Å². The van der Waals surface area contributed by atoms with E-state index in [-0.39, 0.29) is 35.3 Å². The number of hydrogen-bond acceptors (Lipinski definition) is 6. The average molecular weight is 433 g/mol. The molecule has 150 valence electrons. The van der Waals surface area contributed by atoms with Gasteiger partial charge in [0.2, 0.25) is 10.0 Å². The first-order chi connectivity index (χ1) is 13.9. The van der Waals surface area contributed by atoms with E-state index >= 15 is 0 Å². The van der Waals surface area contributed by atoms with E-state index in [1.807, 2.05) is 0 Å². The van der Waals surface area contributed by atoms with Gasteiger partial charge in [-0.15, -0.1) is 0 Å². The summed E-state index contributed by atoms with van der Waals surface area (Å²) in [6, 6.07) is 10.7. The molecule has 1 aliphatic rings. The number of pyridine rings is 1. The number of benzene rings is 1. The molecule has 1 aliphatic heterocycles. The lowest BCUT2D eigenvalue weighted by atomic mass is 10.1. The molecule has 29 heavy (non-hydrogen) atoms. The van der Waals surface area contributed by atoms with Gasteiger partial charge in [0.25, 0.3) is 5.56 Å². The highest BCUT2D eigenvalue weighted by molar-refractivity contribution is 7.89. The molecule has 0 unspecified atom stereocenters. The van der Waals surface area contributed by atoms with Crippen molar-refractivity contribution in [2.24, 2.45) is 0 Å². The molecule has 0 saturated carbocycles. The Morgan fingerprint density at radius 1 is 1.10 bits per heavy atom. The van der Waals surface area contributed by atoms with Crippen LogP contribution in [0.25, 0.3) is 11.3 Å². The van der Waals surface area contributed by atoms with Crippen LogP contribution in [0.3, 0.4) is 0 Å². The summed E-state index contributed by atoms with van der Waals surface area (Å²) in [5.41, 5.74) is 1.15. The maximum Gasteiger partial charge on any atom is 0.267 e. The van der Waals surface area contributed by atoms with E-state index in [9.17, 15) is 13.2 Å². The maximum atomic E-state index is 13.0. The van der Waals surface area contributed by atoms with Crippen molar-refractivity contribution in [1.29, 1.82) is 0 Å². The average Bonchev–Trinajstić information content (AvgIpc) is 2.68. The second-order valence-corrected chi connectivity index (χ2v) is 8.85. The zero-order valence-corrected chi connectivity index (χ0v) is 17.0. The van der Waals surface area contributed by atoms with Gasteiger partial charge in [0.15, 0.2) is 0 Å². The van der Waals surface area contributed by atoms with Crippen LogP contribution in [0.4, 0.5) is 0 Å². The van der Waals surface area contributed by atoms with Crippen LogP contribution >= 0.6 is 11.6 Å². The lowest BCUT2D eigenvalue weighted by Crippen LogP contribution is -2.53. The van der Waals surface area contributed by atoms with E-state index in [1.165, 1.54) is 34.3 Å². The largest absolute Gasteiger partial charge is 0.495 e. The molecule has 0 radical (unpaired) electrons. The van der Waals surface area contributed by atoms with Crippen molar-refractivity contribution in [2.75, 3.05) is 20.2 Å². The fourth-order valence-corrected chi connectivity index (χ4v) is 5.06. The van der Waals surface area contributed by atoms with Gasteiger partial charge in [-0.3, -0.25) is 9.78 Å². The molecule has 1 fully saturated rings. The molecule has 1 aromatic carbocycles. The highest BCUT2D eigenvalue weighted by Crippen LogP contribution is 2.33. The van der Waals surface area contributed by atoms with Crippen LogP contribution in [-0.4, -0.2) is 47.7 Å². The molecule has 3 heterocycles. The van der Waals surface area contributed by atoms with E-state index in [4.69, 9.17) is 16.3 Å². The molecule has 0 N–H and O–H groups in total. The van der Waals surface area contributed by atoms with E-state index in [2.05, 4.69) is 10.1 Å². The van der Waals surface area contributed by atoms with Gasteiger partial charge in [0.1, 0.15) is 10.6 Å². The van der Waals surface area contributed by atoms with E-state index < -0.39 is 10.0 Å². The van der Waals surface area contributed by atoms with Crippen molar-refractivity contribution >= 4 is 21.6 Å². The number of halogens is 1. The normalized spacial score (nSPS) is 15.1. The van der Waals surface area contributed by atoms with Gasteiger partial charge in [-0.1, -0.05) is 11.6 Å². The number of sulfonamides is 1. The summed E-state index contributed by atoms with van der Waals surface area (Å²) in [6.07, 6.45) is 3.28. The Morgan fingerprint density at radius 2 is 1.83 bits per heavy atom. The molecule has 0 spiro atoms. The minimum atomic E-state index is -3.81. The van der Waals surface area contributed by atoms with E-state index in [0.29, 0.717) is 10.7 Å². The SMILES string of the molecule is COc1ccc(Cl)cc1S(=O)(=O)N1CC(n2nc(-c3ccncc3)ccc2=O)C1. The Labute approximate surface area is 172 Å². The lowest BCUT2D eigenvalue weighted by Gasteiger charge is -2.38. The van der Waals surface area contributed by atoms with Crippen molar-refractivity contribution in [3.8, 4) is 17.0 Å². The summed E-state index contributed by atoms with van der Waals surface area (Å²) in [5.74, 6) is 0.216. The molecule has 8 nitrogen and oxygen atoms in total. The summed E-state index contributed by atoms with van der Waals surface area (Å²) in [6.45, 7) is 0.259. The van der Waals surface area contributed by atoms with Gasteiger partial charge in [-0.2, -0.15) is 9.40 Å². The van der Waals surface area contributed by atoms with Crippen molar-refractivity contribution in [1.82, 2.24) is 19.1 Å². The topological polar surface area (TPSA) is 94.4 Å². The third kappa shape index (κ3) is 3.64. The van der Waals surface area contributed by atoms with Gasteiger partial charge < -0.3 is 4.74 Å². The van der Waals surface area contributed by atoms with Crippen LogP contribution in [0.1, 0.15) is 6.04 Å². The third-order valence-electron chi connectivity index (χ3n) is 4.72. The Hall–Kier alpha value is -2.75. The van der Waals surface area contributed by atoms with Gasteiger partial charge in [0, 0.05) is 42.1 Å². The molecular formula is C19H17ClN4O4S. The standard InChI is InChI=1S/C19H17ClN4O4S/c1-28-17-4-2-14(20)10-18(17)29(26,27)23-11-15(12-23)24-19(25)5-3-16(22-24)13-6-8-21-9-7-13/h2-10,15H,11-12H2,1H3. The molecule has 3 aromatic rings. The summed E-state index contributed by atoms with van der Waals surface area (Å²) in [7, 11) is -2.41. The molecular weight excluding hydrogens is 416 g/mol. The quantitative estimate of drug-likeness (QED) is 0.613. The number of aromatic nitrogens is 3. The summed E-state index contributed by atoms with van der Waals surface area (Å²) >= 11 is 5.97. The van der Waals surface area contributed by atoms with Gasteiger partial charge in [-0.05, 0) is 36.4 Å². The third-order valence-corrected chi connectivity index (χ3v) is 6.81. The summed E-state index contributed by atoms with van der Waals surface area (Å²) in [5, 5.41) is 4.71. The van der Waals surface area contributed by atoms with Gasteiger partial charge >= 0.3 is 0 Å². The smallest absolute Gasteiger partial charge is 0.267 e. The summed E-state index contributed by atoms with van der Waals surface area (Å²) in [4.78, 5) is 16.3. The molecule has 0 bridgehead atoms. The number of nitrogens with zero attached hydrogens (tertiary/aromatic N) is 4. The fourth-order valence-electron chi connectivity index (χ4n) is 3.12. The Morgan fingerprint density at radius 3 is 2.52 bits per heavy atom. The Kier molecular flexibility index (Phi) is 5.12. The number of hydrogen-bond donors (Lipinski definition) is 0. The molecule has 2 aromatic heterocycles. The molecule has 1 saturated heterocycles. The number of methoxy groups -OCH3 is 1.